The maximum Gasteiger partial charge on any atom is 0.339 e. The number of esters is 2. The number of carboxylic acids is 1. The van der Waals surface area contributed by atoms with Crippen LogP contribution in [0.25, 0.3) is 0 Å². The van der Waals surface area contributed by atoms with E-state index in [-0.39, 0.29) is 36.0 Å². The average Bonchev–Trinajstić information content (AvgIpc) is 3.00. The Bertz CT molecular complexity index is 820. The average molecular weight is 376 g/mol. The van der Waals surface area contributed by atoms with Gasteiger partial charge in [0, 0.05) is 11.1 Å². The van der Waals surface area contributed by atoms with Crippen LogP contribution in [0.15, 0.2) is 11.6 Å². The third kappa shape index (κ3) is 3.97. The summed E-state index contributed by atoms with van der Waals surface area (Å²) in [6, 6.07) is 0. The van der Waals surface area contributed by atoms with Crippen LogP contribution in [0.1, 0.15) is 57.7 Å². The topological polar surface area (TPSA) is 99.1 Å². The molecule has 27 heavy (non-hydrogen) atoms. The second-order valence-corrected chi connectivity index (χ2v) is 6.63. The minimum absolute atomic E-state index is 0.0441. The van der Waals surface area contributed by atoms with E-state index in [2.05, 4.69) is 0 Å². The van der Waals surface area contributed by atoms with Gasteiger partial charge in [-0.2, -0.15) is 0 Å². The number of cyclic esters (lactones) is 1. The van der Waals surface area contributed by atoms with Crippen molar-refractivity contribution in [3.8, 4) is 5.75 Å². The molecular formula is C20H24O7. The van der Waals surface area contributed by atoms with Gasteiger partial charge in [0.05, 0.1) is 31.3 Å². The maximum atomic E-state index is 12.1. The highest BCUT2D eigenvalue weighted by atomic mass is 16.5. The minimum Gasteiger partial charge on any atom is -0.496 e. The maximum absolute atomic E-state index is 12.1. The highest BCUT2D eigenvalue weighted by molar-refractivity contribution is 6.07. The summed E-state index contributed by atoms with van der Waals surface area (Å²) in [6.45, 7) is 5.45. The standard InChI is InChI=1S/C20H24O7/c1-10(8-11(2)19(23)26-5)6-7-13-15(18(21)22)16-14(9-27-20(16)24)12(3)17(13)25-4/h6,11H,7-9H2,1-5H3,(H,21,22)/b10-6+/t11-/m1/s1. The minimum atomic E-state index is -1.20. The van der Waals surface area contributed by atoms with Crippen LogP contribution in [0, 0.1) is 12.8 Å². The van der Waals surface area contributed by atoms with Gasteiger partial charge in [-0.1, -0.05) is 18.6 Å². The molecule has 0 saturated heterocycles. The number of allylic oxidation sites excluding steroid dienone is 2. The first kappa shape index (κ1) is 20.5. The molecule has 1 atom stereocenters. The molecule has 1 aliphatic heterocycles. The number of carbonyl (C=O) groups is 3. The molecule has 1 aromatic rings. The molecule has 0 radical (unpaired) electrons. The quantitative estimate of drug-likeness (QED) is 0.577. The summed E-state index contributed by atoms with van der Waals surface area (Å²) >= 11 is 0. The molecule has 1 aliphatic rings. The fourth-order valence-corrected chi connectivity index (χ4v) is 3.42. The molecule has 0 saturated carbocycles. The van der Waals surface area contributed by atoms with Crippen LogP contribution in [0.2, 0.25) is 0 Å². The normalized spacial score (nSPS) is 14.4. The summed E-state index contributed by atoms with van der Waals surface area (Å²) in [5.41, 5.74) is 2.60. The van der Waals surface area contributed by atoms with Gasteiger partial charge in [0.15, 0.2) is 0 Å². The number of hydrogen-bond acceptors (Lipinski definition) is 6. The fraction of sp³-hybridized carbons (Fsp3) is 0.450. The van der Waals surface area contributed by atoms with Gasteiger partial charge >= 0.3 is 17.9 Å². The number of carboxylic acid groups (broad SMARTS) is 1. The van der Waals surface area contributed by atoms with Gasteiger partial charge in [0.2, 0.25) is 0 Å². The molecule has 1 heterocycles. The van der Waals surface area contributed by atoms with Crippen molar-refractivity contribution in [1.82, 2.24) is 0 Å². The van der Waals surface area contributed by atoms with Crippen molar-refractivity contribution in [2.24, 2.45) is 5.92 Å². The third-order valence-electron chi connectivity index (χ3n) is 4.78. The highest BCUT2D eigenvalue weighted by Gasteiger charge is 2.34. The zero-order valence-corrected chi connectivity index (χ0v) is 16.2. The second-order valence-electron chi connectivity index (χ2n) is 6.63. The lowest BCUT2D eigenvalue weighted by Gasteiger charge is -2.17. The first-order chi connectivity index (χ1) is 12.7. The Hall–Kier alpha value is -2.83. The van der Waals surface area contributed by atoms with E-state index in [1.807, 2.05) is 13.0 Å². The molecule has 146 valence electrons. The zero-order chi connectivity index (χ0) is 20.3. The van der Waals surface area contributed by atoms with Crippen molar-refractivity contribution in [1.29, 1.82) is 0 Å². The van der Waals surface area contributed by atoms with Gasteiger partial charge in [0.25, 0.3) is 0 Å². The summed E-state index contributed by atoms with van der Waals surface area (Å²) < 4.78 is 15.2. The molecule has 7 nitrogen and oxygen atoms in total. The molecule has 1 aromatic carbocycles. The van der Waals surface area contributed by atoms with Crippen molar-refractivity contribution >= 4 is 17.9 Å². The second kappa shape index (κ2) is 8.24. The van der Waals surface area contributed by atoms with E-state index in [0.29, 0.717) is 28.9 Å². The number of methoxy groups -OCH3 is 2. The molecular weight excluding hydrogens is 352 g/mol. The van der Waals surface area contributed by atoms with Crippen LogP contribution in [-0.4, -0.2) is 37.2 Å². The van der Waals surface area contributed by atoms with Gasteiger partial charge in [-0.15, -0.1) is 0 Å². The number of rotatable bonds is 7. The van der Waals surface area contributed by atoms with Crippen LogP contribution in [0.4, 0.5) is 0 Å². The molecule has 0 bridgehead atoms. The summed E-state index contributed by atoms with van der Waals surface area (Å²) in [5.74, 6) is -2.00. The van der Waals surface area contributed by atoms with Crippen LogP contribution in [0.5, 0.6) is 5.75 Å². The molecule has 0 aliphatic carbocycles. The Morgan fingerprint density at radius 2 is 2.00 bits per heavy atom. The molecule has 1 N–H and O–H groups in total. The Labute approximate surface area is 157 Å². The molecule has 0 fully saturated rings. The van der Waals surface area contributed by atoms with Gasteiger partial charge < -0.3 is 19.3 Å². The molecule has 0 aromatic heterocycles. The lowest BCUT2D eigenvalue weighted by molar-refractivity contribution is -0.144. The van der Waals surface area contributed by atoms with Gasteiger partial charge in [-0.05, 0) is 32.3 Å². The van der Waals surface area contributed by atoms with E-state index in [1.165, 1.54) is 14.2 Å². The SMILES string of the molecule is COC(=O)[C@H](C)C/C(C)=C/Cc1c(OC)c(C)c2c(c1C(=O)O)C(=O)OC2. The van der Waals surface area contributed by atoms with Gasteiger partial charge in [0.1, 0.15) is 12.4 Å². The monoisotopic (exact) mass is 376 g/mol. The Morgan fingerprint density at radius 3 is 2.56 bits per heavy atom. The molecule has 0 unspecified atom stereocenters. The predicted octanol–water partition coefficient (Wildman–Crippen LogP) is 3.06. The van der Waals surface area contributed by atoms with Crippen LogP contribution in [-0.2, 0) is 27.3 Å². The summed E-state index contributed by atoms with van der Waals surface area (Å²) in [4.78, 5) is 35.6. The third-order valence-corrected chi connectivity index (χ3v) is 4.78. The number of aromatic carboxylic acids is 1. The van der Waals surface area contributed by atoms with Crippen molar-refractivity contribution < 1.29 is 33.7 Å². The number of benzene rings is 1. The lowest BCUT2D eigenvalue weighted by Crippen LogP contribution is -2.14. The number of hydrogen-bond donors (Lipinski definition) is 1. The molecule has 0 spiro atoms. The molecule has 0 amide bonds. The zero-order valence-electron chi connectivity index (χ0n) is 16.2. The van der Waals surface area contributed by atoms with Crippen LogP contribution in [0.3, 0.4) is 0 Å². The van der Waals surface area contributed by atoms with Crippen LogP contribution < -0.4 is 4.74 Å². The van der Waals surface area contributed by atoms with Crippen molar-refractivity contribution in [3.05, 3.63) is 39.5 Å². The number of ether oxygens (including phenoxy) is 3. The largest absolute Gasteiger partial charge is 0.496 e. The van der Waals surface area contributed by atoms with E-state index >= 15 is 0 Å². The Balaban J connectivity index is 2.47. The van der Waals surface area contributed by atoms with Crippen molar-refractivity contribution in [3.63, 3.8) is 0 Å². The first-order valence-electron chi connectivity index (χ1n) is 8.59. The molecule has 7 heteroatoms. The van der Waals surface area contributed by atoms with E-state index in [1.54, 1.807) is 13.8 Å². The lowest BCUT2D eigenvalue weighted by atomic mass is 9.89. The van der Waals surface area contributed by atoms with E-state index < -0.39 is 11.9 Å². The molecule has 2 rings (SSSR count). The van der Waals surface area contributed by atoms with Gasteiger partial charge in [-0.25, -0.2) is 9.59 Å². The highest BCUT2D eigenvalue weighted by Crippen LogP contribution is 2.38. The van der Waals surface area contributed by atoms with E-state index in [4.69, 9.17) is 14.2 Å². The van der Waals surface area contributed by atoms with Crippen molar-refractivity contribution in [2.45, 2.75) is 40.2 Å². The first-order valence-corrected chi connectivity index (χ1v) is 8.59. The summed E-state index contributed by atoms with van der Waals surface area (Å²) in [5, 5.41) is 9.73. The van der Waals surface area contributed by atoms with Crippen LogP contribution >= 0.6 is 0 Å². The summed E-state index contributed by atoms with van der Waals surface area (Å²) in [6.07, 6.45) is 2.59. The fourth-order valence-electron chi connectivity index (χ4n) is 3.42. The predicted molar refractivity (Wildman–Crippen MR) is 97.1 cm³/mol. The Kier molecular flexibility index (Phi) is 6.25. The number of fused-ring (bicyclic) bond motifs is 1. The smallest absolute Gasteiger partial charge is 0.339 e. The number of carbonyl (C=O) groups excluding carboxylic acids is 2. The van der Waals surface area contributed by atoms with E-state index in [9.17, 15) is 19.5 Å². The van der Waals surface area contributed by atoms with Crippen molar-refractivity contribution in [2.75, 3.05) is 14.2 Å². The van der Waals surface area contributed by atoms with E-state index in [0.717, 1.165) is 5.57 Å². The Morgan fingerprint density at radius 1 is 1.33 bits per heavy atom. The summed E-state index contributed by atoms with van der Waals surface area (Å²) in [7, 11) is 2.81. The van der Waals surface area contributed by atoms with Gasteiger partial charge in [-0.3, -0.25) is 4.79 Å².